The maximum Gasteiger partial charge on any atom is 0.182 e. The van der Waals surface area contributed by atoms with Crippen molar-refractivity contribution in [3.05, 3.63) is 0 Å². The Kier molecular flexibility index (Phi) is 8.61. The van der Waals surface area contributed by atoms with Gasteiger partial charge in [0.1, 0.15) is 11.5 Å². The molecule has 0 spiro atoms. The van der Waals surface area contributed by atoms with Crippen LogP contribution in [0.3, 0.4) is 0 Å². The summed E-state index contributed by atoms with van der Waals surface area (Å²) in [5, 5.41) is 20.3. The largest absolute Gasteiger partial charge is 0.396 e. The average molecular weight is 369 g/mol. The molecule has 1 fully saturated rings. The molecular formula is C21H36O5. The van der Waals surface area contributed by atoms with Crippen LogP contribution >= 0.6 is 0 Å². The maximum absolute atomic E-state index is 12.9. The molecule has 0 aromatic rings. The summed E-state index contributed by atoms with van der Waals surface area (Å²) >= 11 is 0. The number of ketones is 3. The van der Waals surface area contributed by atoms with Crippen molar-refractivity contribution in [2.75, 3.05) is 6.61 Å². The standard InChI is InChI=1S/C21H36O5/c1-13(2)8-9-16-19(24)18(17(23)11-14(3)4)20(25)21(16,26)10-6-7-15(5)12-22/h13-16,18,22,26H,6-12H2,1-5H3/t15?,16-,18?,21+/m1/s1. The van der Waals surface area contributed by atoms with E-state index in [0.29, 0.717) is 25.2 Å². The van der Waals surface area contributed by atoms with Gasteiger partial charge in [-0.2, -0.15) is 0 Å². The fourth-order valence-corrected chi connectivity index (χ4v) is 3.80. The highest BCUT2D eigenvalue weighted by molar-refractivity contribution is 6.27. The Morgan fingerprint density at radius 3 is 2.19 bits per heavy atom. The fraction of sp³-hybridized carbons (Fsp3) is 0.857. The highest BCUT2D eigenvalue weighted by Crippen LogP contribution is 2.42. The van der Waals surface area contributed by atoms with Crippen molar-refractivity contribution in [3.8, 4) is 0 Å². The third-order valence-corrected chi connectivity index (χ3v) is 5.42. The van der Waals surface area contributed by atoms with Crippen LogP contribution in [0.15, 0.2) is 0 Å². The van der Waals surface area contributed by atoms with E-state index in [4.69, 9.17) is 5.11 Å². The van der Waals surface area contributed by atoms with Gasteiger partial charge in [0.15, 0.2) is 17.3 Å². The third kappa shape index (κ3) is 5.46. The molecule has 26 heavy (non-hydrogen) atoms. The molecule has 0 aliphatic heterocycles. The zero-order valence-corrected chi connectivity index (χ0v) is 17.0. The lowest BCUT2D eigenvalue weighted by Gasteiger charge is -2.28. The van der Waals surface area contributed by atoms with Crippen LogP contribution in [0.2, 0.25) is 0 Å². The van der Waals surface area contributed by atoms with E-state index in [2.05, 4.69) is 0 Å². The summed E-state index contributed by atoms with van der Waals surface area (Å²) in [4.78, 5) is 38.3. The molecule has 4 atom stereocenters. The van der Waals surface area contributed by atoms with Crippen LogP contribution in [-0.2, 0) is 14.4 Å². The van der Waals surface area contributed by atoms with Crippen molar-refractivity contribution in [2.45, 2.75) is 78.7 Å². The summed E-state index contributed by atoms with van der Waals surface area (Å²) in [7, 11) is 0. The van der Waals surface area contributed by atoms with Gasteiger partial charge in [-0.25, -0.2) is 0 Å². The summed E-state index contributed by atoms with van der Waals surface area (Å²) in [5.41, 5.74) is -1.74. The first-order chi connectivity index (χ1) is 12.0. The van der Waals surface area contributed by atoms with Crippen LogP contribution in [0.4, 0.5) is 0 Å². The predicted molar refractivity (Wildman–Crippen MR) is 101 cm³/mol. The summed E-state index contributed by atoms with van der Waals surface area (Å²) < 4.78 is 0. The second-order valence-electron chi connectivity index (χ2n) is 8.89. The Morgan fingerprint density at radius 1 is 1.08 bits per heavy atom. The van der Waals surface area contributed by atoms with Gasteiger partial charge < -0.3 is 10.2 Å². The zero-order valence-electron chi connectivity index (χ0n) is 17.0. The van der Waals surface area contributed by atoms with Gasteiger partial charge >= 0.3 is 0 Å². The number of aliphatic hydroxyl groups is 2. The van der Waals surface area contributed by atoms with E-state index in [-0.39, 0.29) is 42.9 Å². The minimum atomic E-state index is -1.74. The topological polar surface area (TPSA) is 91.7 Å². The molecule has 0 amide bonds. The minimum absolute atomic E-state index is 0.0532. The quantitative estimate of drug-likeness (QED) is 0.547. The molecule has 0 bridgehead atoms. The lowest BCUT2D eigenvalue weighted by molar-refractivity contribution is -0.143. The normalized spacial score (nSPS) is 27.6. The van der Waals surface area contributed by atoms with Gasteiger partial charge in [-0.05, 0) is 43.4 Å². The molecule has 0 heterocycles. The van der Waals surface area contributed by atoms with E-state index in [9.17, 15) is 19.5 Å². The average Bonchev–Trinajstić information content (AvgIpc) is 2.71. The maximum atomic E-state index is 12.9. The van der Waals surface area contributed by atoms with Gasteiger partial charge in [0, 0.05) is 13.0 Å². The van der Waals surface area contributed by atoms with E-state index in [1.165, 1.54) is 0 Å². The molecule has 1 saturated carbocycles. The Hall–Kier alpha value is -1.07. The smallest absolute Gasteiger partial charge is 0.182 e. The second-order valence-corrected chi connectivity index (χ2v) is 8.89. The van der Waals surface area contributed by atoms with Crippen LogP contribution in [-0.4, -0.2) is 39.8 Å². The summed E-state index contributed by atoms with van der Waals surface area (Å²) in [6, 6.07) is 0. The van der Waals surface area contributed by atoms with Gasteiger partial charge in [-0.15, -0.1) is 0 Å². The van der Waals surface area contributed by atoms with Gasteiger partial charge in [-0.3, -0.25) is 14.4 Å². The molecular weight excluding hydrogens is 332 g/mol. The molecule has 5 heteroatoms. The SMILES string of the molecule is CC(C)CC[C@@H]1C(=O)C(C(=O)CC(C)C)C(=O)[C@]1(O)CCCC(C)CO. The van der Waals surface area contributed by atoms with Crippen molar-refractivity contribution < 1.29 is 24.6 Å². The Balaban J connectivity index is 3.02. The highest BCUT2D eigenvalue weighted by Gasteiger charge is 2.60. The van der Waals surface area contributed by atoms with Crippen molar-refractivity contribution in [2.24, 2.45) is 29.6 Å². The van der Waals surface area contributed by atoms with Gasteiger partial charge in [-0.1, -0.05) is 41.0 Å². The first kappa shape index (κ1) is 23.0. The third-order valence-electron chi connectivity index (χ3n) is 5.42. The summed E-state index contributed by atoms with van der Waals surface area (Å²) in [5.74, 6) is -2.93. The molecule has 1 aliphatic rings. The molecule has 2 unspecified atom stereocenters. The summed E-state index contributed by atoms with van der Waals surface area (Å²) in [6.45, 7) is 9.77. The minimum Gasteiger partial charge on any atom is -0.396 e. The van der Waals surface area contributed by atoms with E-state index in [0.717, 1.165) is 6.42 Å². The first-order valence-corrected chi connectivity index (χ1v) is 9.98. The van der Waals surface area contributed by atoms with E-state index < -0.39 is 23.2 Å². The van der Waals surface area contributed by atoms with Crippen molar-refractivity contribution >= 4 is 17.3 Å². The molecule has 150 valence electrons. The molecule has 2 N–H and O–H groups in total. The van der Waals surface area contributed by atoms with Crippen LogP contribution in [0.25, 0.3) is 0 Å². The number of aliphatic hydroxyl groups excluding tert-OH is 1. The van der Waals surface area contributed by atoms with Crippen LogP contribution in [0.1, 0.15) is 73.1 Å². The van der Waals surface area contributed by atoms with Crippen LogP contribution in [0, 0.1) is 29.6 Å². The number of hydrogen-bond donors (Lipinski definition) is 2. The number of carbonyl (C=O) groups is 3. The Bertz CT molecular complexity index is 511. The lowest BCUT2D eigenvalue weighted by atomic mass is 9.80. The van der Waals surface area contributed by atoms with E-state index >= 15 is 0 Å². The Labute approximate surface area is 157 Å². The lowest BCUT2D eigenvalue weighted by Crippen LogP contribution is -2.42. The van der Waals surface area contributed by atoms with Gasteiger partial charge in [0.2, 0.25) is 0 Å². The van der Waals surface area contributed by atoms with Gasteiger partial charge in [0.25, 0.3) is 0 Å². The molecule has 0 saturated heterocycles. The molecule has 5 nitrogen and oxygen atoms in total. The number of carbonyl (C=O) groups excluding carboxylic acids is 3. The van der Waals surface area contributed by atoms with E-state index in [1.807, 2.05) is 34.6 Å². The Morgan fingerprint density at radius 2 is 1.69 bits per heavy atom. The molecule has 1 aliphatic carbocycles. The molecule has 1 rings (SSSR count). The highest BCUT2D eigenvalue weighted by atomic mass is 16.3. The molecule has 0 aromatic heterocycles. The fourth-order valence-electron chi connectivity index (χ4n) is 3.80. The predicted octanol–water partition coefficient (Wildman–Crippen LogP) is 2.95. The van der Waals surface area contributed by atoms with Gasteiger partial charge in [0.05, 0.1) is 5.92 Å². The van der Waals surface area contributed by atoms with Crippen LogP contribution in [0.5, 0.6) is 0 Å². The molecule has 0 radical (unpaired) electrons. The van der Waals surface area contributed by atoms with Crippen LogP contribution < -0.4 is 0 Å². The zero-order chi connectivity index (χ0) is 20.1. The van der Waals surface area contributed by atoms with Crippen molar-refractivity contribution in [1.29, 1.82) is 0 Å². The molecule has 0 aromatic carbocycles. The van der Waals surface area contributed by atoms with Crippen molar-refractivity contribution in [3.63, 3.8) is 0 Å². The first-order valence-electron chi connectivity index (χ1n) is 9.98. The van der Waals surface area contributed by atoms with Crippen molar-refractivity contribution in [1.82, 2.24) is 0 Å². The van der Waals surface area contributed by atoms with E-state index in [1.54, 1.807) is 0 Å². The number of Topliss-reactive ketones (excluding diaryl/α,β-unsaturated/α-hetero) is 3. The summed E-state index contributed by atoms with van der Waals surface area (Å²) in [6.07, 6.45) is 2.72. The second kappa shape index (κ2) is 9.75. The monoisotopic (exact) mass is 368 g/mol. The number of hydrogen-bond acceptors (Lipinski definition) is 5. The number of rotatable bonds is 11.